The molecule has 1 aliphatic heterocycles. The molecule has 108 valence electrons. The van der Waals surface area contributed by atoms with Crippen LogP contribution in [0.2, 0.25) is 10.0 Å². The number of halogens is 2. The normalized spacial score (nSPS) is 13.1. The van der Waals surface area contributed by atoms with Gasteiger partial charge in [-0.3, -0.25) is 10.1 Å². The summed E-state index contributed by atoms with van der Waals surface area (Å²) in [6.07, 6.45) is 1.81. The number of fused-ring (bicyclic) bond motifs is 3. The summed E-state index contributed by atoms with van der Waals surface area (Å²) < 4.78 is 0. The summed E-state index contributed by atoms with van der Waals surface area (Å²) in [4.78, 5) is 4.76. The van der Waals surface area contributed by atoms with Crippen LogP contribution in [0.1, 0.15) is 16.7 Å². The average Bonchev–Trinajstić information content (AvgIpc) is 2.92. The molecule has 4 rings (SSSR count). The predicted octanol–water partition coefficient (Wildman–Crippen LogP) is 4.73. The third kappa shape index (κ3) is 2.14. The van der Waals surface area contributed by atoms with Crippen molar-refractivity contribution in [2.24, 2.45) is 4.99 Å². The van der Waals surface area contributed by atoms with E-state index < -0.39 is 0 Å². The predicted molar refractivity (Wildman–Crippen MR) is 89.8 cm³/mol. The zero-order valence-corrected chi connectivity index (χ0v) is 13.0. The van der Waals surface area contributed by atoms with Gasteiger partial charge in [0.2, 0.25) is 0 Å². The fourth-order valence-corrected chi connectivity index (χ4v) is 3.12. The maximum absolute atomic E-state index is 6.37. The van der Waals surface area contributed by atoms with Gasteiger partial charge in [0.25, 0.3) is 0 Å². The van der Waals surface area contributed by atoms with Crippen molar-refractivity contribution in [1.82, 2.24) is 10.2 Å². The molecular weight excluding hydrogens is 317 g/mol. The number of rotatable bonds is 1. The first-order chi connectivity index (χ1) is 10.7. The van der Waals surface area contributed by atoms with E-state index in [0.29, 0.717) is 16.6 Å². The smallest absolute Gasteiger partial charge is 0.0745 e. The zero-order valence-electron chi connectivity index (χ0n) is 11.5. The second-order valence-electron chi connectivity index (χ2n) is 5.10. The number of nitrogens with zero attached hydrogens (tertiary/aromatic N) is 2. The first-order valence-corrected chi connectivity index (χ1v) is 7.61. The van der Waals surface area contributed by atoms with E-state index in [-0.39, 0.29) is 0 Å². The molecule has 0 saturated carbocycles. The summed E-state index contributed by atoms with van der Waals surface area (Å²) in [6, 6.07) is 13.5. The minimum absolute atomic E-state index is 0.554. The lowest BCUT2D eigenvalue weighted by atomic mass is 9.95. The molecule has 0 bridgehead atoms. The van der Waals surface area contributed by atoms with Crippen LogP contribution in [0, 0.1) is 0 Å². The maximum Gasteiger partial charge on any atom is 0.0745 e. The summed E-state index contributed by atoms with van der Waals surface area (Å²) in [5.74, 6) is 0. The van der Waals surface area contributed by atoms with Gasteiger partial charge in [0.1, 0.15) is 0 Å². The van der Waals surface area contributed by atoms with Crippen LogP contribution < -0.4 is 0 Å². The van der Waals surface area contributed by atoms with Crippen molar-refractivity contribution in [3.8, 4) is 11.3 Å². The van der Waals surface area contributed by atoms with Crippen LogP contribution in [-0.4, -0.2) is 15.9 Å². The van der Waals surface area contributed by atoms with Gasteiger partial charge in [-0.15, -0.1) is 0 Å². The number of aromatic nitrogens is 2. The molecular formula is C17H11Cl2N3. The Morgan fingerprint density at radius 2 is 1.82 bits per heavy atom. The van der Waals surface area contributed by atoms with Gasteiger partial charge in [0.15, 0.2) is 0 Å². The Morgan fingerprint density at radius 1 is 0.955 bits per heavy atom. The van der Waals surface area contributed by atoms with Gasteiger partial charge in [-0.2, -0.15) is 5.10 Å². The van der Waals surface area contributed by atoms with Crippen LogP contribution in [0.4, 0.5) is 0 Å². The highest BCUT2D eigenvalue weighted by Gasteiger charge is 2.21. The van der Waals surface area contributed by atoms with Crippen molar-refractivity contribution in [1.29, 1.82) is 0 Å². The van der Waals surface area contributed by atoms with E-state index >= 15 is 0 Å². The highest BCUT2D eigenvalue weighted by Crippen LogP contribution is 2.34. The van der Waals surface area contributed by atoms with E-state index in [4.69, 9.17) is 28.2 Å². The highest BCUT2D eigenvalue weighted by atomic mass is 35.5. The van der Waals surface area contributed by atoms with Crippen molar-refractivity contribution in [3.05, 3.63) is 75.4 Å². The zero-order chi connectivity index (χ0) is 15.1. The average molecular weight is 328 g/mol. The number of benzene rings is 2. The molecule has 22 heavy (non-hydrogen) atoms. The second kappa shape index (κ2) is 5.27. The number of nitrogens with one attached hydrogen (secondary N) is 1. The number of hydrogen-bond donors (Lipinski definition) is 1. The Kier molecular flexibility index (Phi) is 3.25. The van der Waals surface area contributed by atoms with Crippen LogP contribution in [0.15, 0.2) is 53.7 Å². The highest BCUT2D eigenvalue weighted by molar-refractivity contribution is 6.36. The molecule has 0 radical (unpaired) electrons. The third-order valence-electron chi connectivity index (χ3n) is 3.76. The standard InChI is InChI=1S/C17H11Cl2N3/c18-11-5-6-12-14(7-11)17(13-3-1-2-4-15(13)19)20-8-10-9-21-22-16(10)12/h1-7,9H,8H2,(H,21,22). The topological polar surface area (TPSA) is 41.0 Å². The van der Waals surface area contributed by atoms with Crippen molar-refractivity contribution >= 4 is 28.9 Å². The molecule has 0 fully saturated rings. The lowest BCUT2D eigenvalue weighted by Crippen LogP contribution is -2.05. The number of aromatic amines is 1. The SMILES string of the molecule is Clc1ccc2c(c1)C(c1ccccc1Cl)=NCc1cn[nH]c1-2. The Morgan fingerprint density at radius 3 is 2.68 bits per heavy atom. The minimum atomic E-state index is 0.554. The minimum Gasteiger partial charge on any atom is -0.279 e. The third-order valence-corrected chi connectivity index (χ3v) is 4.33. The Bertz CT molecular complexity index is 896. The molecule has 0 saturated heterocycles. The fourth-order valence-electron chi connectivity index (χ4n) is 2.73. The van der Waals surface area contributed by atoms with Crippen molar-refractivity contribution < 1.29 is 0 Å². The van der Waals surface area contributed by atoms with Crippen molar-refractivity contribution in [2.75, 3.05) is 0 Å². The molecule has 0 unspecified atom stereocenters. The molecule has 2 heterocycles. The summed E-state index contributed by atoms with van der Waals surface area (Å²) in [5.41, 5.74) is 5.80. The van der Waals surface area contributed by atoms with Gasteiger partial charge < -0.3 is 0 Å². The number of aliphatic imine (C=N–C) groups is 1. The Hall–Kier alpha value is -2.10. The summed E-state index contributed by atoms with van der Waals surface area (Å²) in [5, 5.41) is 8.53. The summed E-state index contributed by atoms with van der Waals surface area (Å²) in [7, 11) is 0. The molecule has 0 atom stereocenters. The molecule has 5 heteroatoms. The molecule has 0 amide bonds. The molecule has 1 aliphatic rings. The molecule has 1 aromatic heterocycles. The van der Waals surface area contributed by atoms with Crippen LogP contribution >= 0.6 is 23.2 Å². The Balaban J connectivity index is 2.01. The van der Waals surface area contributed by atoms with Crippen LogP contribution in [0.25, 0.3) is 11.3 Å². The first-order valence-electron chi connectivity index (χ1n) is 6.86. The summed E-state index contributed by atoms with van der Waals surface area (Å²) in [6.45, 7) is 0.554. The molecule has 2 aromatic carbocycles. The van der Waals surface area contributed by atoms with E-state index in [0.717, 1.165) is 33.7 Å². The van der Waals surface area contributed by atoms with E-state index in [1.807, 2.05) is 48.7 Å². The van der Waals surface area contributed by atoms with Gasteiger partial charge in [0, 0.05) is 32.3 Å². The quantitative estimate of drug-likeness (QED) is 0.689. The van der Waals surface area contributed by atoms with Crippen LogP contribution in [0.5, 0.6) is 0 Å². The summed E-state index contributed by atoms with van der Waals surface area (Å²) >= 11 is 12.6. The molecule has 0 aliphatic carbocycles. The van der Waals surface area contributed by atoms with E-state index in [1.54, 1.807) is 0 Å². The van der Waals surface area contributed by atoms with Gasteiger partial charge in [-0.25, -0.2) is 0 Å². The number of H-pyrrole nitrogens is 1. The van der Waals surface area contributed by atoms with Gasteiger partial charge in [-0.05, 0) is 18.2 Å². The maximum atomic E-state index is 6.37. The molecule has 1 N–H and O–H groups in total. The fraction of sp³-hybridized carbons (Fsp3) is 0.0588. The lowest BCUT2D eigenvalue weighted by Gasteiger charge is -2.11. The van der Waals surface area contributed by atoms with E-state index in [2.05, 4.69) is 10.2 Å². The first kappa shape index (κ1) is 13.6. The van der Waals surface area contributed by atoms with Crippen molar-refractivity contribution in [2.45, 2.75) is 6.54 Å². The molecule has 3 aromatic rings. The molecule has 0 spiro atoms. The lowest BCUT2D eigenvalue weighted by molar-refractivity contribution is 1.08. The second-order valence-corrected chi connectivity index (χ2v) is 5.95. The van der Waals surface area contributed by atoms with E-state index in [9.17, 15) is 0 Å². The Labute approximate surface area is 137 Å². The number of hydrogen-bond acceptors (Lipinski definition) is 2. The van der Waals surface area contributed by atoms with E-state index in [1.165, 1.54) is 0 Å². The molecule has 3 nitrogen and oxygen atoms in total. The van der Waals surface area contributed by atoms with Gasteiger partial charge in [0.05, 0.1) is 24.1 Å². The van der Waals surface area contributed by atoms with Gasteiger partial charge >= 0.3 is 0 Å². The van der Waals surface area contributed by atoms with Crippen LogP contribution in [0.3, 0.4) is 0 Å². The van der Waals surface area contributed by atoms with Gasteiger partial charge in [-0.1, -0.05) is 47.5 Å². The largest absolute Gasteiger partial charge is 0.279 e. The van der Waals surface area contributed by atoms with Crippen LogP contribution in [-0.2, 0) is 6.54 Å². The van der Waals surface area contributed by atoms with Crippen molar-refractivity contribution in [3.63, 3.8) is 0 Å². The monoisotopic (exact) mass is 327 g/mol.